The van der Waals surface area contributed by atoms with E-state index < -0.39 is 10.8 Å². The number of rotatable bonds is 5. The van der Waals surface area contributed by atoms with E-state index in [1.54, 1.807) is 43.3 Å². The summed E-state index contributed by atoms with van der Waals surface area (Å²) in [6.45, 7) is 3.80. The first-order valence-corrected chi connectivity index (χ1v) is 10.4. The van der Waals surface area contributed by atoms with Gasteiger partial charge < -0.3 is 4.42 Å². The lowest BCUT2D eigenvalue weighted by atomic mass is 10.1. The van der Waals surface area contributed by atoms with Gasteiger partial charge in [-0.1, -0.05) is 25.1 Å². The van der Waals surface area contributed by atoms with Gasteiger partial charge in [0.25, 0.3) is 16.8 Å². The predicted octanol–water partition coefficient (Wildman–Crippen LogP) is 5.97. The lowest BCUT2D eigenvalue weighted by Crippen LogP contribution is -2.27. The molecule has 1 saturated heterocycles. The molecule has 0 spiro atoms. The molecule has 1 aromatic heterocycles. The Balaban J connectivity index is 1.62. The van der Waals surface area contributed by atoms with Gasteiger partial charge in [0.1, 0.15) is 11.5 Å². The summed E-state index contributed by atoms with van der Waals surface area (Å²) in [5.41, 5.74) is 2.68. The van der Waals surface area contributed by atoms with E-state index in [1.807, 2.05) is 19.1 Å². The molecule has 1 aliphatic heterocycles. The van der Waals surface area contributed by atoms with Crippen molar-refractivity contribution in [1.29, 1.82) is 0 Å². The van der Waals surface area contributed by atoms with E-state index in [2.05, 4.69) is 0 Å². The van der Waals surface area contributed by atoms with Crippen molar-refractivity contribution >= 4 is 40.4 Å². The van der Waals surface area contributed by atoms with E-state index in [0.29, 0.717) is 22.8 Å². The fourth-order valence-electron chi connectivity index (χ4n) is 3.28. The maximum atomic E-state index is 12.8. The highest BCUT2D eigenvalue weighted by atomic mass is 32.2. The second-order valence-electron chi connectivity index (χ2n) is 7.02. The van der Waals surface area contributed by atoms with Crippen LogP contribution in [0.4, 0.5) is 16.2 Å². The van der Waals surface area contributed by atoms with Gasteiger partial charge >= 0.3 is 0 Å². The molecule has 0 unspecified atom stereocenters. The molecule has 0 N–H and O–H groups in total. The number of aryl methyl sites for hydroxylation is 2. The maximum Gasteiger partial charge on any atom is 0.298 e. The fourth-order valence-corrected chi connectivity index (χ4v) is 4.10. The first-order chi connectivity index (χ1) is 14.9. The molecular weight excluding hydrogens is 416 g/mol. The van der Waals surface area contributed by atoms with Gasteiger partial charge in [-0.25, -0.2) is 4.90 Å². The average molecular weight is 434 g/mol. The molecule has 0 atom stereocenters. The van der Waals surface area contributed by atoms with Gasteiger partial charge in [-0.2, -0.15) is 0 Å². The van der Waals surface area contributed by atoms with E-state index >= 15 is 0 Å². The van der Waals surface area contributed by atoms with Crippen LogP contribution in [-0.4, -0.2) is 16.1 Å². The number of nitrogens with zero attached hydrogens (tertiary/aromatic N) is 2. The van der Waals surface area contributed by atoms with Gasteiger partial charge in [0.2, 0.25) is 0 Å². The zero-order valence-corrected chi connectivity index (χ0v) is 17.6. The molecular formula is C23H18N2O5S. The van der Waals surface area contributed by atoms with Crippen molar-refractivity contribution in [1.82, 2.24) is 0 Å². The Hall–Kier alpha value is -3.65. The van der Waals surface area contributed by atoms with Gasteiger partial charge in [-0.3, -0.25) is 19.7 Å². The minimum atomic E-state index is -0.459. The minimum absolute atomic E-state index is 0.0586. The minimum Gasteiger partial charge on any atom is -0.456 e. The van der Waals surface area contributed by atoms with Gasteiger partial charge in [0.15, 0.2) is 0 Å². The molecule has 2 heterocycles. The largest absolute Gasteiger partial charge is 0.456 e. The van der Waals surface area contributed by atoms with Crippen LogP contribution in [0.3, 0.4) is 0 Å². The molecule has 2 aromatic carbocycles. The smallest absolute Gasteiger partial charge is 0.298 e. The van der Waals surface area contributed by atoms with Crippen LogP contribution in [-0.2, 0) is 11.2 Å². The zero-order valence-electron chi connectivity index (χ0n) is 16.8. The van der Waals surface area contributed by atoms with Crippen LogP contribution in [0.1, 0.15) is 23.8 Å². The first kappa shape index (κ1) is 20.6. The molecule has 4 rings (SSSR count). The number of nitro benzene ring substituents is 1. The molecule has 0 radical (unpaired) electrons. The Morgan fingerprint density at radius 3 is 2.52 bits per heavy atom. The second-order valence-corrected chi connectivity index (χ2v) is 8.01. The van der Waals surface area contributed by atoms with E-state index in [-0.39, 0.29) is 15.8 Å². The molecule has 31 heavy (non-hydrogen) atoms. The van der Waals surface area contributed by atoms with Crippen LogP contribution in [0.2, 0.25) is 0 Å². The van der Waals surface area contributed by atoms with Crippen molar-refractivity contribution in [3.05, 3.63) is 86.5 Å². The Morgan fingerprint density at radius 1 is 1.10 bits per heavy atom. The lowest BCUT2D eigenvalue weighted by Gasteiger charge is -2.12. The molecule has 156 valence electrons. The number of carbonyl (C=O) groups excluding carboxylic acids is 2. The number of hydrogen-bond donors (Lipinski definition) is 0. The van der Waals surface area contributed by atoms with Crippen molar-refractivity contribution in [2.45, 2.75) is 20.3 Å². The summed E-state index contributed by atoms with van der Waals surface area (Å²) in [4.78, 5) is 37.5. The Morgan fingerprint density at radius 2 is 1.84 bits per heavy atom. The zero-order chi connectivity index (χ0) is 22.1. The van der Waals surface area contributed by atoms with Gasteiger partial charge in [-0.15, -0.1) is 0 Å². The van der Waals surface area contributed by atoms with Crippen molar-refractivity contribution < 1.29 is 18.9 Å². The summed E-state index contributed by atoms with van der Waals surface area (Å²) >= 11 is 0.827. The normalized spacial score (nSPS) is 15.2. The third kappa shape index (κ3) is 4.02. The van der Waals surface area contributed by atoms with Gasteiger partial charge in [-0.05, 0) is 66.6 Å². The Kier molecular flexibility index (Phi) is 5.48. The lowest BCUT2D eigenvalue weighted by molar-refractivity contribution is -0.384. The fraction of sp³-hybridized carbons (Fsp3) is 0.130. The Bertz CT molecular complexity index is 1230. The van der Waals surface area contributed by atoms with E-state index in [1.165, 1.54) is 12.1 Å². The summed E-state index contributed by atoms with van der Waals surface area (Å²) in [6, 6.07) is 15.4. The van der Waals surface area contributed by atoms with E-state index in [4.69, 9.17) is 4.42 Å². The summed E-state index contributed by atoms with van der Waals surface area (Å²) in [5.74, 6) is 0.211. The van der Waals surface area contributed by atoms with Crippen LogP contribution >= 0.6 is 11.8 Å². The second kappa shape index (κ2) is 8.23. The van der Waals surface area contributed by atoms with Gasteiger partial charge in [0.05, 0.1) is 21.1 Å². The number of furan rings is 1. The van der Waals surface area contributed by atoms with Crippen LogP contribution < -0.4 is 4.90 Å². The van der Waals surface area contributed by atoms with Crippen molar-refractivity contribution in [2.75, 3.05) is 4.90 Å². The maximum absolute atomic E-state index is 12.8. The highest BCUT2D eigenvalue weighted by molar-refractivity contribution is 8.19. The predicted molar refractivity (Wildman–Crippen MR) is 120 cm³/mol. The number of hydrogen-bond acceptors (Lipinski definition) is 6. The molecule has 7 nitrogen and oxygen atoms in total. The van der Waals surface area contributed by atoms with Crippen LogP contribution in [0.15, 0.2) is 63.9 Å². The third-order valence-electron chi connectivity index (χ3n) is 4.91. The van der Waals surface area contributed by atoms with Crippen molar-refractivity contribution in [3.8, 4) is 11.3 Å². The summed E-state index contributed by atoms with van der Waals surface area (Å²) in [6.07, 6.45) is 2.34. The molecule has 3 aromatic rings. The molecule has 1 fully saturated rings. The summed E-state index contributed by atoms with van der Waals surface area (Å²) in [5, 5.41) is 11.0. The number of nitro groups is 1. The number of carbonyl (C=O) groups is 2. The summed E-state index contributed by atoms with van der Waals surface area (Å²) < 4.78 is 5.74. The van der Waals surface area contributed by atoms with Crippen LogP contribution in [0.5, 0.6) is 0 Å². The van der Waals surface area contributed by atoms with Crippen molar-refractivity contribution in [2.24, 2.45) is 0 Å². The first-order valence-electron chi connectivity index (χ1n) is 9.59. The molecule has 2 amide bonds. The molecule has 0 aliphatic carbocycles. The highest BCUT2D eigenvalue weighted by Crippen LogP contribution is 2.37. The molecule has 8 heteroatoms. The number of imide groups is 1. The number of thioether (sulfide) groups is 1. The highest BCUT2D eigenvalue weighted by Gasteiger charge is 2.36. The average Bonchev–Trinajstić information content (AvgIpc) is 3.32. The SMILES string of the molecule is CCc1ccc(N2C(=O)S/C(=C/c3ccc(-c4ccc(C)cc4[N+](=O)[O-])o3)C2=O)cc1. The van der Waals surface area contributed by atoms with Crippen molar-refractivity contribution in [3.63, 3.8) is 0 Å². The topological polar surface area (TPSA) is 93.7 Å². The van der Waals surface area contributed by atoms with E-state index in [0.717, 1.165) is 34.2 Å². The third-order valence-corrected chi connectivity index (χ3v) is 5.78. The van der Waals surface area contributed by atoms with Crippen LogP contribution in [0, 0.1) is 17.0 Å². The molecule has 0 saturated carbocycles. The van der Waals surface area contributed by atoms with Crippen LogP contribution in [0.25, 0.3) is 17.4 Å². The Labute approximate surface area is 182 Å². The standard InChI is InChI=1S/C23H18N2O5S/c1-3-15-5-7-16(8-6-15)24-22(26)21(31-23(24)27)13-17-9-11-20(30-17)18-10-4-14(2)12-19(18)25(28)29/h4-13H,3H2,1-2H3/b21-13+. The molecule has 1 aliphatic rings. The monoisotopic (exact) mass is 434 g/mol. The van der Waals surface area contributed by atoms with E-state index in [9.17, 15) is 19.7 Å². The number of benzene rings is 2. The number of anilines is 1. The summed E-state index contributed by atoms with van der Waals surface area (Å²) in [7, 11) is 0. The van der Waals surface area contributed by atoms with Gasteiger partial charge in [0, 0.05) is 12.1 Å². The molecule has 0 bridgehead atoms. The number of amides is 2. The quantitative estimate of drug-likeness (QED) is 0.279.